The third-order valence-corrected chi connectivity index (χ3v) is 4.05. The van der Waals surface area contributed by atoms with E-state index >= 15 is 0 Å². The van der Waals surface area contributed by atoms with Gasteiger partial charge in [0.2, 0.25) is 0 Å². The van der Waals surface area contributed by atoms with Crippen LogP contribution in [0, 0.1) is 17.8 Å². The molecule has 3 aliphatic carbocycles. The van der Waals surface area contributed by atoms with Crippen LogP contribution >= 0.6 is 0 Å². The molecule has 0 aromatic heterocycles. The summed E-state index contributed by atoms with van der Waals surface area (Å²) in [6.45, 7) is 0. The van der Waals surface area contributed by atoms with Crippen LogP contribution in [0.4, 0.5) is 0 Å². The highest BCUT2D eigenvalue weighted by molar-refractivity contribution is 5.07. The van der Waals surface area contributed by atoms with Crippen LogP contribution in [0.2, 0.25) is 0 Å². The third kappa shape index (κ3) is 0.493. The van der Waals surface area contributed by atoms with E-state index in [0.29, 0.717) is 0 Å². The van der Waals surface area contributed by atoms with E-state index in [1.807, 2.05) is 0 Å². The Morgan fingerprint density at radius 2 is 2.10 bits per heavy atom. The van der Waals surface area contributed by atoms with Crippen LogP contribution < -0.4 is 0 Å². The molecular formula is C9H14O. The van der Waals surface area contributed by atoms with Gasteiger partial charge in [-0.05, 0) is 49.9 Å². The average Bonchev–Trinajstić information content (AvgIpc) is 2.05. The number of fused-ring (bicyclic) bond motifs is 1. The maximum Gasteiger partial charge on any atom is 0.0653 e. The van der Waals surface area contributed by atoms with Gasteiger partial charge in [0.1, 0.15) is 0 Å². The Morgan fingerprint density at radius 3 is 2.90 bits per heavy atom. The van der Waals surface area contributed by atoms with Crippen LogP contribution in [0.1, 0.15) is 32.1 Å². The van der Waals surface area contributed by atoms with Crippen LogP contribution in [0.5, 0.6) is 0 Å². The standard InChI is InChI=1S/C9H14O/c10-9-2-1-6-3-7(4-9)8(6)5-9/h6-8,10H,1-5H2/t6?,7-,8?,9-/m1/s1. The zero-order valence-electron chi connectivity index (χ0n) is 6.21. The molecule has 0 amide bonds. The van der Waals surface area contributed by atoms with Gasteiger partial charge in [-0.1, -0.05) is 0 Å². The Morgan fingerprint density at radius 1 is 1.20 bits per heavy atom. The first kappa shape index (κ1) is 5.59. The summed E-state index contributed by atoms with van der Waals surface area (Å²) in [5, 5.41) is 9.92. The summed E-state index contributed by atoms with van der Waals surface area (Å²) in [6.07, 6.45) is 6.13. The second kappa shape index (κ2) is 1.42. The Kier molecular flexibility index (Phi) is 0.797. The van der Waals surface area contributed by atoms with E-state index in [1.165, 1.54) is 12.8 Å². The lowest BCUT2D eigenvalue weighted by molar-refractivity contribution is -0.00136. The summed E-state index contributed by atoms with van der Waals surface area (Å²) >= 11 is 0. The largest absolute Gasteiger partial charge is 0.390 e. The van der Waals surface area contributed by atoms with Gasteiger partial charge < -0.3 is 5.11 Å². The predicted molar refractivity (Wildman–Crippen MR) is 38.5 cm³/mol. The minimum atomic E-state index is -0.192. The lowest BCUT2D eigenvalue weighted by atomic mass is 9.64. The molecule has 0 aromatic carbocycles. The van der Waals surface area contributed by atoms with Gasteiger partial charge in [0.15, 0.2) is 0 Å². The van der Waals surface area contributed by atoms with Gasteiger partial charge in [-0.2, -0.15) is 0 Å². The molecule has 1 nitrogen and oxygen atoms in total. The van der Waals surface area contributed by atoms with Gasteiger partial charge >= 0.3 is 0 Å². The topological polar surface area (TPSA) is 20.2 Å². The van der Waals surface area contributed by atoms with E-state index in [2.05, 4.69) is 0 Å². The van der Waals surface area contributed by atoms with E-state index < -0.39 is 0 Å². The molecule has 0 aliphatic heterocycles. The minimum Gasteiger partial charge on any atom is -0.390 e. The molecule has 2 unspecified atom stereocenters. The highest BCUT2D eigenvalue weighted by atomic mass is 16.3. The smallest absolute Gasteiger partial charge is 0.0653 e. The molecular weight excluding hydrogens is 124 g/mol. The first-order valence-corrected chi connectivity index (χ1v) is 4.49. The summed E-state index contributed by atoms with van der Waals surface area (Å²) in [5.41, 5.74) is -0.192. The highest BCUT2D eigenvalue weighted by Crippen LogP contribution is 2.61. The molecule has 0 spiro atoms. The van der Waals surface area contributed by atoms with E-state index in [1.54, 1.807) is 0 Å². The maximum atomic E-state index is 9.92. The van der Waals surface area contributed by atoms with Crippen molar-refractivity contribution in [3.05, 3.63) is 0 Å². The van der Waals surface area contributed by atoms with E-state index in [0.717, 1.165) is 37.0 Å². The minimum absolute atomic E-state index is 0.192. The Balaban J connectivity index is 1.97. The zero-order valence-corrected chi connectivity index (χ0v) is 6.21. The molecule has 0 heterocycles. The van der Waals surface area contributed by atoms with Crippen LogP contribution in [-0.2, 0) is 0 Å². The molecule has 3 aliphatic rings. The average molecular weight is 138 g/mol. The monoisotopic (exact) mass is 138 g/mol. The van der Waals surface area contributed by atoms with Crippen molar-refractivity contribution >= 4 is 0 Å². The van der Waals surface area contributed by atoms with Crippen molar-refractivity contribution in [2.75, 3.05) is 0 Å². The number of hydrogen-bond acceptors (Lipinski definition) is 1. The number of hydrogen-bond donors (Lipinski definition) is 1. The van der Waals surface area contributed by atoms with Crippen LogP contribution in [0.15, 0.2) is 0 Å². The molecule has 0 radical (unpaired) electrons. The Labute approximate surface area is 61.4 Å². The van der Waals surface area contributed by atoms with Crippen molar-refractivity contribution in [3.8, 4) is 0 Å². The van der Waals surface area contributed by atoms with Gasteiger partial charge in [0, 0.05) is 0 Å². The van der Waals surface area contributed by atoms with Crippen LogP contribution in [-0.4, -0.2) is 10.7 Å². The van der Waals surface area contributed by atoms with Gasteiger partial charge in [0.05, 0.1) is 5.60 Å². The predicted octanol–water partition coefficient (Wildman–Crippen LogP) is 1.56. The summed E-state index contributed by atoms with van der Waals surface area (Å²) in [7, 11) is 0. The molecule has 2 bridgehead atoms. The molecule has 10 heavy (non-hydrogen) atoms. The fourth-order valence-corrected chi connectivity index (χ4v) is 3.50. The van der Waals surface area contributed by atoms with E-state index in [9.17, 15) is 5.11 Å². The molecule has 0 aromatic rings. The molecule has 3 rings (SSSR count). The molecule has 3 saturated carbocycles. The molecule has 3 fully saturated rings. The van der Waals surface area contributed by atoms with Gasteiger partial charge in [-0.25, -0.2) is 0 Å². The molecule has 1 heteroatoms. The molecule has 4 atom stereocenters. The summed E-state index contributed by atoms with van der Waals surface area (Å²) in [4.78, 5) is 0. The SMILES string of the molecule is O[C@]12CCC3C[C@H](C1)C3C2. The van der Waals surface area contributed by atoms with Gasteiger partial charge in [-0.15, -0.1) is 0 Å². The third-order valence-electron chi connectivity index (χ3n) is 4.05. The quantitative estimate of drug-likeness (QED) is 0.538. The molecule has 0 saturated heterocycles. The highest BCUT2D eigenvalue weighted by Gasteiger charge is 2.56. The maximum absolute atomic E-state index is 9.92. The van der Waals surface area contributed by atoms with Crippen molar-refractivity contribution in [3.63, 3.8) is 0 Å². The van der Waals surface area contributed by atoms with Crippen LogP contribution in [0.3, 0.4) is 0 Å². The fourth-order valence-electron chi connectivity index (χ4n) is 3.50. The van der Waals surface area contributed by atoms with E-state index in [-0.39, 0.29) is 5.60 Å². The first-order valence-electron chi connectivity index (χ1n) is 4.49. The van der Waals surface area contributed by atoms with Gasteiger partial charge in [-0.3, -0.25) is 0 Å². The van der Waals surface area contributed by atoms with E-state index in [4.69, 9.17) is 0 Å². The van der Waals surface area contributed by atoms with Crippen LogP contribution in [0.25, 0.3) is 0 Å². The Bertz CT molecular complexity index is 174. The molecule has 56 valence electrons. The van der Waals surface area contributed by atoms with Crippen molar-refractivity contribution in [1.82, 2.24) is 0 Å². The number of rotatable bonds is 0. The fraction of sp³-hybridized carbons (Fsp3) is 1.00. The normalized spacial score (nSPS) is 63.9. The van der Waals surface area contributed by atoms with Gasteiger partial charge in [0.25, 0.3) is 0 Å². The molecule has 1 N–H and O–H groups in total. The zero-order chi connectivity index (χ0) is 6.77. The first-order chi connectivity index (χ1) is 4.77. The second-order valence-electron chi connectivity index (χ2n) is 4.59. The van der Waals surface area contributed by atoms with Crippen molar-refractivity contribution < 1.29 is 5.11 Å². The summed E-state index contributed by atoms with van der Waals surface area (Å²) in [5.74, 6) is 2.89. The summed E-state index contributed by atoms with van der Waals surface area (Å²) < 4.78 is 0. The lowest BCUT2D eigenvalue weighted by Crippen LogP contribution is -2.36. The summed E-state index contributed by atoms with van der Waals surface area (Å²) in [6, 6.07) is 0. The van der Waals surface area contributed by atoms with Crippen molar-refractivity contribution in [2.24, 2.45) is 17.8 Å². The van der Waals surface area contributed by atoms with Crippen molar-refractivity contribution in [2.45, 2.75) is 37.7 Å². The lowest BCUT2D eigenvalue weighted by Gasteiger charge is -2.42. The van der Waals surface area contributed by atoms with Crippen molar-refractivity contribution in [1.29, 1.82) is 0 Å². The second-order valence-corrected chi connectivity index (χ2v) is 4.59. The Hall–Kier alpha value is -0.0400. The number of aliphatic hydroxyl groups is 1.